The Balaban J connectivity index is 3.13. The zero-order chi connectivity index (χ0) is 9.14. The van der Waals surface area contributed by atoms with Gasteiger partial charge in [-0.1, -0.05) is 22.5 Å². The summed E-state index contributed by atoms with van der Waals surface area (Å²) < 4.78 is 18.7. The van der Waals surface area contributed by atoms with Gasteiger partial charge in [-0.3, -0.25) is 0 Å². The first kappa shape index (κ1) is 9.26. The average Bonchev–Trinajstić information content (AvgIpc) is 2.08. The van der Waals surface area contributed by atoms with Crippen molar-refractivity contribution in [1.82, 2.24) is 0 Å². The number of hydrogen-bond acceptors (Lipinski definition) is 1. The molecule has 0 fully saturated rings. The largest absolute Gasteiger partial charge is 0.497 e. The van der Waals surface area contributed by atoms with Crippen LogP contribution in [0, 0.1) is 5.82 Å². The molecule has 1 rings (SSSR count). The summed E-state index contributed by atoms with van der Waals surface area (Å²) in [6.45, 7) is 3.56. The van der Waals surface area contributed by atoms with E-state index < -0.39 is 0 Å². The predicted molar refractivity (Wildman–Crippen MR) is 50.1 cm³/mol. The van der Waals surface area contributed by atoms with Crippen LogP contribution in [0.2, 0.25) is 0 Å². The highest BCUT2D eigenvalue weighted by atomic mass is 79.9. The zero-order valence-corrected chi connectivity index (χ0v) is 8.19. The lowest BCUT2D eigenvalue weighted by molar-refractivity contribution is 0.368. The molecule has 0 atom stereocenters. The Labute approximate surface area is 79.0 Å². The quantitative estimate of drug-likeness (QED) is 0.710. The fraction of sp³-hybridized carbons (Fsp3) is 0.111. The van der Waals surface area contributed by atoms with E-state index in [0.29, 0.717) is 11.3 Å². The first-order chi connectivity index (χ1) is 5.65. The second kappa shape index (κ2) is 3.72. The molecule has 0 heterocycles. The predicted octanol–water partition coefficient (Wildman–Crippen LogP) is 3.21. The van der Waals surface area contributed by atoms with Gasteiger partial charge in [-0.25, -0.2) is 4.39 Å². The van der Waals surface area contributed by atoms with Crippen molar-refractivity contribution in [3.63, 3.8) is 0 Å². The summed E-state index contributed by atoms with van der Waals surface area (Å²) >= 11 is 3.23. The molecule has 64 valence electrons. The Hall–Kier alpha value is -0.830. The molecule has 1 nitrogen and oxygen atoms in total. The van der Waals surface area contributed by atoms with Crippen molar-refractivity contribution in [2.24, 2.45) is 0 Å². The third-order valence-electron chi connectivity index (χ3n) is 1.48. The standard InChI is InChI=1S/C9H8BrFO/c1-6(12-2)8-5-7(10)3-4-9(8)11/h3-5H,1H2,2H3. The van der Waals surface area contributed by atoms with E-state index in [9.17, 15) is 4.39 Å². The topological polar surface area (TPSA) is 9.23 Å². The molecule has 0 spiro atoms. The molecule has 1 aromatic carbocycles. The molecule has 0 aliphatic rings. The van der Waals surface area contributed by atoms with Crippen molar-refractivity contribution in [3.05, 3.63) is 40.6 Å². The third-order valence-corrected chi connectivity index (χ3v) is 1.97. The number of halogens is 2. The van der Waals surface area contributed by atoms with Gasteiger partial charge in [-0.2, -0.15) is 0 Å². The van der Waals surface area contributed by atoms with Gasteiger partial charge in [0.2, 0.25) is 0 Å². The molecule has 0 bridgehead atoms. The van der Waals surface area contributed by atoms with Gasteiger partial charge in [0.05, 0.1) is 12.7 Å². The molecule has 0 aliphatic heterocycles. The van der Waals surface area contributed by atoms with Crippen molar-refractivity contribution in [2.75, 3.05) is 7.11 Å². The minimum Gasteiger partial charge on any atom is -0.497 e. The maximum atomic E-state index is 13.0. The molecule has 0 radical (unpaired) electrons. The fourth-order valence-corrected chi connectivity index (χ4v) is 1.18. The molecule has 0 unspecified atom stereocenters. The van der Waals surface area contributed by atoms with Crippen LogP contribution in [0.15, 0.2) is 29.3 Å². The maximum Gasteiger partial charge on any atom is 0.134 e. The van der Waals surface area contributed by atoms with Crippen LogP contribution in [0.5, 0.6) is 0 Å². The van der Waals surface area contributed by atoms with Crippen LogP contribution in [0.3, 0.4) is 0 Å². The first-order valence-corrected chi connectivity index (χ1v) is 4.12. The number of rotatable bonds is 2. The van der Waals surface area contributed by atoms with E-state index in [0.717, 1.165) is 4.47 Å². The number of benzene rings is 1. The fourth-order valence-electron chi connectivity index (χ4n) is 0.821. The van der Waals surface area contributed by atoms with Crippen molar-refractivity contribution in [1.29, 1.82) is 0 Å². The van der Waals surface area contributed by atoms with Gasteiger partial charge < -0.3 is 4.74 Å². The first-order valence-electron chi connectivity index (χ1n) is 3.33. The monoisotopic (exact) mass is 230 g/mol. The van der Waals surface area contributed by atoms with Crippen molar-refractivity contribution >= 4 is 21.7 Å². The Morgan fingerprint density at radius 1 is 1.58 bits per heavy atom. The van der Waals surface area contributed by atoms with E-state index in [1.807, 2.05) is 0 Å². The minimum absolute atomic E-state index is 0.328. The smallest absolute Gasteiger partial charge is 0.134 e. The Morgan fingerprint density at radius 2 is 2.25 bits per heavy atom. The van der Waals surface area contributed by atoms with Crippen LogP contribution in [0.4, 0.5) is 4.39 Å². The van der Waals surface area contributed by atoms with Crippen LogP contribution >= 0.6 is 15.9 Å². The summed E-state index contributed by atoms with van der Waals surface area (Å²) in [4.78, 5) is 0. The maximum absolute atomic E-state index is 13.0. The van der Waals surface area contributed by atoms with Gasteiger partial charge in [0, 0.05) is 4.47 Å². The molecule has 0 aromatic heterocycles. The van der Waals surface area contributed by atoms with E-state index in [2.05, 4.69) is 22.5 Å². The molecule has 3 heteroatoms. The van der Waals surface area contributed by atoms with E-state index in [4.69, 9.17) is 4.74 Å². The van der Waals surface area contributed by atoms with E-state index in [1.54, 1.807) is 12.1 Å². The molecule has 0 N–H and O–H groups in total. The molecular weight excluding hydrogens is 223 g/mol. The average molecular weight is 231 g/mol. The highest BCUT2D eigenvalue weighted by molar-refractivity contribution is 9.10. The van der Waals surface area contributed by atoms with Gasteiger partial charge in [-0.15, -0.1) is 0 Å². The van der Waals surface area contributed by atoms with Crippen LogP contribution in [0.1, 0.15) is 5.56 Å². The molecule has 1 aromatic rings. The third kappa shape index (κ3) is 1.85. The van der Waals surface area contributed by atoms with E-state index >= 15 is 0 Å². The summed E-state index contributed by atoms with van der Waals surface area (Å²) in [6.07, 6.45) is 0. The molecule has 0 saturated heterocycles. The van der Waals surface area contributed by atoms with Gasteiger partial charge in [0.25, 0.3) is 0 Å². The van der Waals surface area contributed by atoms with Crippen LogP contribution in [-0.2, 0) is 4.74 Å². The van der Waals surface area contributed by atoms with Crippen molar-refractivity contribution in [2.45, 2.75) is 0 Å². The summed E-state index contributed by atoms with van der Waals surface area (Å²) in [5.74, 6) is -0.00106. The lowest BCUT2D eigenvalue weighted by atomic mass is 10.2. The molecule has 0 saturated carbocycles. The summed E-state index contributed by atoms with van der Waals surface area (Å²) in [5.41, 5.74) is 0.381. The molecule has 0 aliphatic carbocycles. The zero-order valence-electron chi connectivity index (χ0n) is 6.60. The second-order valence-electron chi connectivity index (χ2n) is 2.25. The summed E-state index contributed by atoms with van der Waals surface area (Å²) in [6, 6.07) is 4.62. The van der Waals surface area contributed by atoms with Crippen molar-refractivity contribution in [3.8, 4) is 0 Å². The lowest BCUT2D eigenvalue weighted by Crippen LogP contribution is -1.90. The number of ether oxygens (including phenoxy) is 1. The highest BCUT2D eigenvalue weighted by Gasteiger charge is 2.05. The molecule has 0 amide bonds. The number of methoxy groups -OCH3 is 1. The normalized spacial score (nSPS) is 9.58. The van der Waals surface area contributed by atoms with Gasteiger partial charge in [0.15, 0.2) is 0 Å². The summed E-state index contributed by atoms with van der Waals surface area (Å²) in [7, 11) is 1.46. The van der Waals surface area contributed by atoms with Crippen molar-refractivity contribution < 1.29 is 9.13 Å². The van der Waals surface area contributed by atoms with Crippen LogP contribution in [0.25, 0.3) is 5.76 Å². The second-order valence-corrected chi connectivity index (χ2v) is 3.17. The minimum atomic E-state index is -0.329. The number of hydrogen-bond donors (Lipinski definition) is 0. The Bertz CT molecular complexity index is 309. The Kier molecular flexibility index (Phi) is 2.87. The van der Waals surface area contributed by atoms with Crippen LogP contribution in [-0.4, -0.2) is 7.11 Å². The van der Waals surface area contributed by atoms with Gasteiger partial charge in [0.1, 0.15) is 11.6 Å². The van der Waals surface area contributed by atoms with E-state index in [1.165, 1.54) is 13.2 Å². The van der Waals surface area contributed by atoms with Gasteiger partial charge >= 0.3 is 0 Å². The Morgan fingerprint density at radius 3 is 2.83 bits per heavy atom. The lowest BCUT2D eigenvalue weighted by Gasteiger charge is -2.05. The molecule has 12 heavy (non-hydrogen) atoms. The van der Waals surface area contributed by atoms with E-state index in [-0.39, 0.29) is 5.82 Å². The molecular formula is C9H8BrFO. The summed E-state index contributed by atoms with van der Waals surface area (Å²) in [5, 5.41) is 0. The van der Waals surface area contributed by atoms with Crippen LogP contribution < -0.4 is 0 Å². The van der Waals surface area contributed by atoms with Gasteiger partial charge in [-0.05, 0) is 18.2 Å². The SMILES string of the molecule is C=C(OC)c1cc(Br)ccc1F. The highest BCUT2D eigenvalue weighted by Crippen LogP contribution is 2.21.